The Balaban J connectivity index is 1.63. The summed E-state index contributed by atoms with van der Waals surface area (Å²) in [5, 5.41) is 44.5. The van der Waals surface area contributed by atoms with Crippen molar-refractivity contribution in [1.29, 1.82) is 0 Å². The van der Waals surface area contributed by atoms with Gasteiger partial charge >= 0.3 is 0 Å². The number of carbonyl (C=O) groups excluding carboxylic acids is 3. The van der Waals surface area contributed by atoms with Gasteiger partial charge in [-0.25, -0.2) is 0 Å². The van der Waals surface area contributed by atoms with Gasteiger partial charge in [0.1, 0.15) is 22.8 Å². The second kappa shape index (κ2) is 9.42. The Labute approximate surface area is 224 Å². The van der Waals surface area contributed by atoms with E-state index in [9.17, 15) is 34.8 Å². The SMILES string of the molecule is CN(C)C1C(O)=C(C(N)=O)C(=O)C2(O)C(O)=C3C(=O)c4c(O)ccc(C#CCc5ccccc5)c4CC3CC12. The minimum Gasteiger partial charge on any atom is -0.510 e. The molecule has 5 rings (SSSR count). The fourth-order valence-corrected chi connectivity index (χ4v) is 6.21. The van der Waals surface area contributed by atoms with Crippen molar-refractivity contribution < 1.29 is 34.8 Å². The molecule has 3 aliphatic carbocycles. The highest BCUT2D eigenvalue weighted by Crippen LogP contribution is 2.52. The van der Waals surface area contributed by atoms with E-state index in [1.165, 1.54) is 11.0 Å². The Kier molecular flexibility index (Phi) is 6.33. The van der Waals surface area contributed by atoms with Crippen LogP contribution in [0, 0.1) is 23.7 Å². The molecule has 9 nitrogen and oxygen atoms in total. The molecule has 2 aromatic carbocycles. The van der Waals surface area contributed by atoms with E-state index < -0.39 is 58.0 Å². The summed E-state index contributed by atoms with van der Waals surface area (Å²) in [7, 11) is 3.18. The average molecular weight is 529 g/mol. The highest BCUT2D eigenvalue weighted by Gasteiger charge is 2.63. The number of allylic oxidation sites excluding steroid dienone is 1. The number of aliphatic hydroxyl groups is 3. The van der Waals surface area contributed by atoms with E-state index in [-0.39, 0.29) is 29.7 Å². The molecule has 4 unspecified atom stereocenters. The van der Waals surface area contributed by atoms with Crippen LogP contribution in [-0.2, 0) is 22.4 Å². The molecule has 0 fully saturated rings. The van der Waals surface area contributed by atoms with E-state index in [1.54, 1.807) is 20.2 Å². The molecule has 0 aromatic heterocycles. The maximum Gasteiger partial charge on any atom is 0.255 e. The van der Waals surface area contributed by atoms with Crippen LogP contribution in [0.1, 0.15) is 33.5 Å². The summed E-state index contributed by atoms with van der Waals surface area (Å²) in [5.74, 6) is -0.571. The van der Waals surface area contributed by atoms with Crippen molar-refractivity contribution in [1.82, 2.24) is 4.90 Å². The quantitative estimate of drug-likeness (QED) is 0.297. The second-order valence-corrected chi connectivity index (χ2v) is 10.4. The van der Waals surface area contributed by atoms with Gasteiger partial charge in [-0.3, -0.25) is 19.3 Å². The number of likely N-dealkylation sites (N-methyl/N-ethyl adjacent to an activating group) is 1. The number of nitrogens with two attached hydrogens (primary N) is 1. The lowest BCUT2D eigenvalue weighted by Gasteiger charge is -2.50. The Hall–Kier alpha value is -4.39. The summed E-state index contributed by atoms with van der Waals surface area (Å²) in [4.78, 5) is 40.7. The third kappa shape index (κ3) is 3.92. The molecule has 0 heterocycles. The van der Waals surface area contributed by atoms with Crippen molar-refractivity contribution in [2.45, 2.75) is 30.9 Å². The number of aliphatic hydroxyl groups excluding tert-OH is 2. The van der Waals surface area contributed by atoms with Crippen LogP contribution < -0.4 is 5.73 Å². The van der Waals surface area contributed by atoms with Crippen LogP contribution in [-0.4, -0.2) is 68.5 Å². The fraction of sp³-hybridized carbons (Fsp3) is 0.300. The largest absolute Gasteiger partial charge is 0.510 e. The van der Waals surface area contributed by atoms with Gasteiger partial charge in [0.15, 0.2) is 11.4 Å². The third-order valence-electron chi connectivity index (χ3n) is 7.96. The average Bonchev–Trinajstić information content (AvgIpc) is 2.87. The van der Waals surface area contributed by atoms with E-state index in [1.807, 2.05) is 30.3 Å². The number of benzene rings is 2. The van der Waals surface area contributed by atoms with Crippen LogP contribution in [0.5, 0.6) is 5.75 Å². The topological polar surface area (TPSA) is 161 Å². The molecular weight excluding hydrogens is 500 g/mol. The van der Waals surface area contributed by atoms with E-state index in [0.29, 0.717) is 17.5 Å². The second-order valence-electron chi connectivity index (χ2n) is 10.4. The van der Waals surface area contributed by atoms with Crippen molar-refractivity contribution in [2.24, 2.45) is 17.6 Å². The normalized spacial score (nSPS) is 26.0. The zero-order chi connectivity index (χ0) is 28.2. The van der Waals surface area contributed by atoms with Gasteiger partial charge in [-0.1, -0.05) is 42.2 Å². The molecule has 0 radical (unpaired) electrons. The minimum atomic E-state index is -2.66. The molecule has 200 valence electrons. The number of rotatable bonds is 3. The van der Waals surface area contributed by atoms with Gasteiger partial charge in [0.2, 0.25) is 5.78 Å². The maximum atomic E-state index is 13.7. The smallest absolute Gasteiger partial charge is 0.255 e. The van der Waals surface area contributed by atoms with E-state index in [4.69, 9.17) is 5.73 Å². The van der Waals surface area contributed by atoms with Gasteiger partial charge in [0.25, 0.3) is 5.91 Å². The number of phenols is 1. The number of hydrogen-bond donors (Lipinski definition) is 5. The van der Waals surface area contributed by atoms with Gasteiger partial charge in [0.05, 0.1) is 11.6 Å². The predicted octanol–water partition coefficient (Wildman–Crippen LogP) is 1.71. The number of ketones is 2. The highest BCUT2D eigenvalue weighted by molar-refractivity contribution is 6.24. The third-order valence-corrected chi connectivity index (χ3v) is 7.96. The summed E-state index contributed by atoms with van der Waals surface area (Å²) >= 11 is 0. The van der Waals surface area contributed by atoms with Crippen LogP contribution in [0.25, 0.3) is 0 Å². The number of carbonyl (C=O) groups is 3. The monoisotopic (exact) mass is 528 g/mol. The first kappa shape index (κ1) is 26.2. The summed E-state index contributed by atoms with van der Waals surface area (Å²) in [5.41, 5.74) is 3.70. The van der Waals surface area contributed by atoms with Gasteiger partial charge in [-0.2, -0.15) is 0 Å². The number of primary amides is 1. The predicted molar refractivity (Wildman–Crippen MR) is 141 cm³/mol. The van der Waals surface area contributed by atoms with Crippen LogP contribution in [0.15, 0.2) is 65.1 Å². The molecule has 2 aromatic rings. The number of fused-ring (bicyclic) bond motifs is 3. The minimum absolute atomic E-state index is 0.0261. The first-order valence-corrected chi connectivity index (χ1v) is 12.5. The lowest BCUT2D eigenvalue weighted by atomic mass is 9.58. The Morgan fingerprint density at radius 3 is 2.44 bits per heavy atom. The molecule has 0 spiro atoms. The van der Waals surface area contributed by atoms with E-state index in [0.717, 1.165) is 5.56 Å². The molecular formula is C30H28N2O7. The number of nitrogens with zero attached hydrogens (tertiary/aromatic N) is 1. The van der Waals surface area contributed by atoms with Crippen LogP contribution in [0.4, 0.5) is 0 Å². The molecule has 9 heteroatoms. The van der Waals surface area contributed by atoms with Crippen molar-refractivity contribution in [3.8, 4) is 17.6 Å². The molecule has 1 amide bonds. The molecule has 0 bridgehead atoms. The number of aromatic hydroxyl groups is 1. The number of hydrogen-bond acceptors (Lipinski definition) is 8. The zero-order valence-electron chi connectivity index (χ0n) is 21.4. The molecule has 0 aliphatic heterocycles. The summed E-state index contributed by atoms with van der Waals surface area (Å²) in [6.45, 7) is 0. The summed E-state index contributed by atoms with van der Waals surface area (Å²) in [6.07, 6.45) is 0.700. The number of amides is 1. The Morgan fingerprint density at radius 1 is 1.10 bits per heavy atom. The summed E-state index contributed by atoms with van der Waals surface area (Å²) < 4.78 is 0. The van der Waals surface area contributed by atoms with Crippen molar-refractivity contribution >= 4 is 17.5 Å². The van der Waals surface area contributed by atoms with Gasteiger partial charge < -0.3 is 26.2 Å². The molecule has 3 aliphatic rings. The van der Waals surface area contributed by atoms with Crippen LogP contribution >= 0.6 is 0 Å². The molecule has 4 atom stereocenters. The standard InChI is InChI=1S/C30H28N2O7/c1-32(2)24-19-14-17-13-18-16(10-6-9-15-7-4-3-5-8-15)11-12-20(33)22(18)25(34)21(17)27(36)30(19,39)28(37)23(26(24)35)29(31)38/h3-5,7-8,11-12,17,19,24,33,35-36,39H,9,13-14H2,1-2H3,(H2,31,38). The Morgan fingerprint density at radius 2 is 1.79 bits per heavy atom. The van der Waals surface area contributed by atoms with E-state index >= 15 is 0 Å². The molecule has 0 saturated carbocycles. The van der Waals surface area contributed by atoms with Crippen LogP contribution in [0.3, 0.4) is 0 Å². The molecule has 39 heavy (non-hydrogen) atoms. The Bertz CT molecular complexity index is 1540. The molecule has 6 N–H and O–H groups in total. The van der Waals surface area contributed by atoms with Gasteiger partial charge in [-0.05, 0) is 56.1 Å². The first-order valence-electron chi connectivity index (χ1n) is 12.5. The van der Waals surface area contributed by atoms with Crippen molar-refractivity contribution in [2.75, 3.05) is 14.1 Å². The lowest BCUT2D eigenvalue weighted by molar-refractivity contribution is -0.148. The lowest BCUT2D eigenvalue weighted by Crippen LogP contribution is -2.63. The van der Waals surface area contributed by atoms with Gasteiger partial charge in [-0.15, -0.1) is 0 Å². The van der Waals surface area contributed by atoms with Crippen molar-refractivity contribution in [3.63, 3.8) is 0 Å². The number of Topliss-reactive ketones (excluding diaryl/α,β-unsaturated/α-hetero) is 2. The van der Waals surface area contributed by atoms with Crippen molar-refractivity contribution in [3.05, 3.63) is 87.4 Å². The van der Waals surface area contributed by atoms with Crippen LogP contribution in [0.2, 0.25) is 0 Å². The molecule has 0 saturated heterocycles. The fourth-order valence-electron chi connectivity index (χ4n) is 6.21. The number of phenolic OH excluding ortho intramolecular Hbond substituents is 1. The highest BCUT2D eigenvalue weighted by atomic mass is 16.3. The zero-order valence-corrected chi connectivity index (χ0v) is 21.4. The maximum absolute atomic E-state index is 13.7. The van der Waals surface area contributed by atoms with E-state index in [2.05, 4.69) is 11.8 Å². The summed E-state index contributed by atoms with van der Waals surface area (Å²) in [6, 6.07) is 11.6. The first-order chi connectivity index (χ1) is 18.5. The van der Waals surface area contributed by atoms with Gasteiger partial charge in [0, 0.05) is 23.5 Å².